The molecule has 4 nitrogen and oxygen atoms in total. The van der Waals surface area contributed by atoms with Crippen molar-refractivity contribution >= 4 is 28.3 Å². The predicted octanol–water partition coefficient (Wildman–Crippen LogP) is 3.77. The van der Waals surface area contributed by atoms with Crippen LogP contribution in [0.3, 0.4) is 0 Å². The number of halogens is 1. The Balaban J connectivity index is 1.45. The molecule has 0 atom stereocenters. The van der Waals surface area contributed by atoms with Gasteiger partial charge in [0.1, 0.15) is 5.58 Å². The van der Waals surface area contributed by atoms with Crippen molar-refractivity contribution in [2.45, 2.75) is 6.54 Å². The molecule has 0 spiro atoms. The predicted molar refractivity (Wildman–Crippen MR) is 101 cm³/mol. The molecule has 1 saturated heterocycles. The van der Waals surface area contributed by atoms with E-state index < -0.39 is 0 Å². The van der Waals surface area contributed by atoms with Crippen molar-refractivity contribution in [2.24, 2.45) is 0 Å². The molecule has 4 rings (SSSR count). The third-order valence-corrected chi connectivity index (χ3v) is 4.89. The Bertz CT molecular complexity index is 946. The second-order valence-electron chi connectivity index (χ2n) is 6.34. The van der Waals surface area contributed by atoms with Gasteiger partial charge in [0.2, 0.25) is 0 Å². The number of piperazine rings is 1. The van der Waals surface area contributed by atoms with Crippen molar-refractivity contribution in [1.82, 2.24) is 4.90 Å². The van der Waals surface area contributed by atoms with Crippen LogP contribution in [0.4, 0.5) is 5.69 Å². The average Bonchev–Trinajstić information content (AvgIpc) is 2.63. The Morgan fingerprint density at radius 3 is 2.56 bits per heavy atom. The lowest BCUT2D eigenvalue weighted by molar-refractivity contribution is 0.247. The first-order valence-corrected chi connectivity index (χ1v) is 8.81. The van der Waals surface area contributed by atoms with Crippen molar-refractivity contribution in [3.05, 3.63) is 75.6 Å². The number of hydrogen-bond acceptors (Lipinski definition) is 4. The van der Waals surface area contributed by atoms with E-state index in [4.69, 9.17) is 16.0 Å². The van der Waals surface area contributed by atoms with Crippen LogP contribution in [0.15, 0.2) is 63.8 Å². The summed E-state index contributed by atoms with van der Waals surface area (Å²) in [5, 5.41) is 1.73. The molecule has 0 N–H and O–H groups in total. The number of hydrogen-bond donors (Lipinski definition) is 0. The highest BCUT2D eigenvalue weighted by atomic mass is 35.5. The first kappa shape index (κ1) is 16.2. The summed E-state index contributed by atoms with van der Waals surface area (Å²) in [4.78, 5) is 16.8. The van der Waals surface area contributed by atoms with E-state index in [2.05, 4.69) is 15.9 Å². The van der Waals surface area contributed by atoms with E-state index in [1.807, 2.05) is 48.5 Å². The van der Waals surface area contributed by atoms with Crippen LogP contribution < -0.4 is 10.5 Å². The zero-order valence-electron chi connectivity index (χ0n) is 13.8. The van der Waals surface area contributed by atoms with Crippen LogP contribution in [0.2, 0.25) is 5.02 Å². The van der Waals surface area contributed by atoms with E-state index >= 15 is 0 Å². The van der Waals surface area contributed by atoms with Gasteiger partial charge in [0.25, 0.3) is 0 Å². The summed E-state index contributed by atoms with van der Waals surface area (Å²) in [5.41, 5.74) is 2.27. The number of nitrogens with zero attached hydrogens (tertiary/aromatic N) is 2. The Labute approximate surface area is 151 Å². The number of benzene rings is 2. The highest BCUT2D eigenvalue weighted by Gasteiger charge is 2.19. The van der Waals surface area contributed by atoms with E-state index in [9.17, 15) is 4.79 Å². The largest absolute Gasteiger partial charge is 0.422 e. The van der Waals surface area contributed by atoms with Crippen molar-refractivity contribution in [3.63, 3.8) is 0 Å². The van der Waals surface area contributed by atoms with Gasteiger partial charge in [0.15, 0.2) is 0 Å². The zero-order valence-corrected chi connectivity index (χ0v) is 14.6. The van der Waals surface area contributed by atoms with E-state index in [0.29, 0.717) is 12.1 Å². The van der Waals surface area contributed by atoms with E-state index in [0.717, 1.165) is 47.8 Å². The lowest BCUT2D eigenvalue weighted by Crippen LogP contribution is -2.46. The molecule has 0 aliphatic carbocycles. The van der Waals surface area contributed by atoms with Gasteiger partial charge >= 0.3 is 5.63 Å². The van der Waals surface area contributed by atoms with E-state index in [1.165, 1.54) is 0 Å². The van der Waals surface area contributed by atoms with Gasteiger partial charge in [-0.2, -0.15) is 0 Å². The van der Waals surface area contributed by atoms with Gasteiger partial charge in [-0.3, -0.25) is 4.90 Å². The minimum Gasteiger partial charge on any atom is -0.422 e. The summed E-state index contributed by atoms with van der Waals surface area (Å²) in [6.07, 6.45) is 0. The van der Waals surface area contributed by atoms with Crippen LogP contribution >= 0.6 is 11.6 Å². The molecule has 1 aliphatic heterocycles. The summed E-state index contributed by atoms with van der Waals surface area (Å²) in [5.74, 6) is 0. The topological polar surface area (TPSA) is 36.7 Å². The standard InChI is InChI=1S/C20H19ClN2O2/c21-17-5-3-6-18(13-17)23-10-8-22(9-11-23)14-16-12-15-4-1-2-7-19(15)25-20(16)24/h1-7,12-13H,8-11,14H2. The van der Waals surface area contributed by atoms with Crippen LogP contribution in [0.25, 0.3) is 11.0 Å². The third-order valence-electron chi connectivity index (χ3n) is 4.65. The Kier molecular flexibility index (Phi) is 4.47. The normalized spacial score (nSPS) is 15.6. The fourth-order valence-electron chi connectivity index (χ4n) is 3.29. The number of rotatable bonds is 3. The molecule has 25 heavy (non-hydrogen) atoms. The maximum absolute atomic E-state index is 12.2. The summed E-state index contributed by atoms with van der Waals surface area (Å²) < 4.78 is 5.43. The number of fused-ring (bicyclic) bond motifs is 1. The quantitative estimate of drug-likeness (QED) is 0.671. The fourth-order valence-corrected chi connectivity index (χ4v) is 3.48. The maximum atomic E-state index is 12.2. The summed E-state index contributed by atoms with van der Waals surface area (Å²) in [6.45, 7) is 4.26. The van der Waals surface area contributed by atoms with Crippen molar-refractivity contribution in [2.75, 3.05) is 31.1 Å². The molecular weight excluding hydrogens is 336 g/mol. The van der Waals surface area contributed by atoms with E-state index in [1.54, 1.807) is 0 Å². The number of anilines is 1. The van der Waals surface area contributed by atoms with Gasteiger partial charge in [-0.1, -0.05) is 35.9 Å². The van der Waals surface area contributed by atoms with Gasteiger partial charge < -0.3 is 9.32 Å². The maximum Gasteiger partial charge on any atom is 0.340 e. The monoisotopic (exact) mass is 354 g/mol. The van der Waals surface area contributed by atoms with Crippen molar-refractivity contribution < 1.29 is 4.42 Å². The Hall–Kier alpha value is -2.30. The van der Waals surface area contributed by atoms with Crippen molar-refractivity contribution in [3.8, 4) is 0 Å². The fraction of sp³-hybridized carbons (Fsp3) is 0.250. The van der Waals surface area contributed by atoms with Crippen LogP contribution in [0, 0.1) is 0 Å². The molecule has 3 aromatic rings. The molecule has 1 aromatic heterocycles. The van der Waals surface area contributed by atoms with E-state index in [-0.39, 0.29) is 5.63 Å². The minimum atomic E-state index is -0.240. The van der Waals surface area contributed by atoms with Crippen LogP contribution in [0.1, 0.15) is 5.56 Å². The second-order valence-corrected chi connectivity index (χ2v) is 6.78. The van der Waals surface area contributed by atoms with Crippen LogP contribution in [-0.2, 0) is 6.54 Å². The van der Waals surface area contributed by atoms with Gasteiger partial charge in [0.05, 0.1) is 5.56 Å². The minimum absolute atomic E-state index is 0.240. The second kappa shape index (κ2) is 6.90. The van der Waals surface area contributed by atoms with Gasteiger partial charge in [-0.15, -0.1) is 0 Å². The molecule has 0 unspecified atom stereocenters. The zero-order chi connectivity index (χ0) is 17.2. The highest BCUT2D eigenvalue weighted by Crippen LogP contribution is 2.21. The Morgan fingerprint density at radius 1 is 0.960 bits per heavy atom. The Morgan fingerprint density at radius 2 is 1.76 bits per heavy atom. The SMILES string of the molecule is O=c1oc2ccccc2cc1CN1CCN(c2cccc(Cl)c2)CC1. The molecule has 0 saturated carbocycles. The van der Waals surface area contributed by atoms with Crippen LogP contribution in [0.5, 0.6) is 0 Å². The third kappa shape index (κ3) is 3.55. The average molecular weight is 355 g/mol. The van der Waals surface area contributed by atoms with Gasteiger partial charge in [0, 0.05) is 48.8 Å². The molecule has 1 aliphatic rings. The number of para-hydroxylation sites is 1. The van der Waals surface area contributed by atoms with Crippen molar-refractivity contribution in [1.29, 1.82) is 0 Å². The molecular formula is C20H19ClN2O2. The lowest BCUT2D eigenvalue weighted by atomic mass is 10.1. The molecule has 1 fully saturated rings. The smallest absolute Gasteiger partial charge is 0.340 e. The summed E-state index contributed by atoms with van der Waals surface area (Å²) >= 11 is 6.08. The molecule has 0 amide bonds. The molecule has 128 valence electrons. The molecule has 0 bridgehead atoms. The highest BCUT2D eigenvalue weighted by molar-refractivity contribution is 6.30. The first-order valence-electron chi connectivity index (χ1n) is 8.44. The van der Waals surface area contributed by atoms with Crippen LogP contribution in [-0.4, -0.2) is 31.1 Å². The van der Waals surface area contributed by atoms with Gasteiger partial charge in [-0.05, 0) is 30.3 Å². The molecule has 2 aromatic carbocycles. The summed E-state index contributed by atoms with van der Waals surface area (Å²) in [6, 6.07) is 17.5. The molecule has 2 heterocycles. The molecule has 0 radical (unpaired) electrons. The summed E-state index contributed by atoms with van der Waals surface area (Å²) in [7, 11) is 0. The first-order chi connectivity index (χ1) is 12.2. The van der Waals surface area contributed by atoms with Gasteiger partial charge in [-0.25, -0.2) is 4.79 Å². The molecule has 5 heteroatoms. The lowest BCUT2D eigenvalue weighted by Gasteiger charge is -2.36.